The largest absolute Gasteiger partial charge is 0.354 e. The van der Waals surface area contributed by atoms with E-state index in [0.717, 1.165) is 6.42 Å². The molecule has 2 saturated heterocycles. The summed E-state index contributed by atoms with van der Waals surface area (Å²) in [5.74, 6) is -1.39. The second kappa shape index (κ2) is 9.54. The van der Waals surface area contributed by atoms with Crippen LogP contribution in [0, 0.1) is 0 Å². The van der Waals surface area contributed by atoms with Crippen molar-refractivity contribution in [2.45, 2.75) is 24.9 Å². The molecule has 10 nitrogen and oxygen atoms in total. The van der Waals surface area contributed by atoms with Crippen LogP contribution in [0.5, 0.6) is 0 Å². The predicted octanol–water partition coefficient (Wildman–Crippen LogP) is -0.162. The van der Waals surface area contributed by atoms with Gasteiger partial charge in [-0.15, -0.1) is 0 Å². The Morgan fingerprint density at radius 2 is 1.88 bits per heavy atom. The van der Waals surface area contributed by atoms with Crippen molar-refractivity contribution in [2.24, 2.45) is 0 Å². The zero-order chi connectivity index (χ0) is 22.5. The number of hydrogen-bond donors (Lipinski definition) is 2. The van der Waals surface area contributed by atoms with Crippen molar-refractivity contribution in [3.05, 3.63) is 60.2 Å². The molecule has 2 atom stereocenters. The second-order valence-corrected chi connectivity index (χ2v) is 7.72. The van der Waals surface area contributed by atoms with Crippen LogP contribution in [0.1, 0.15) is 33.7 Å². The van der Waals surface area contributed by atoms with Gasteiger partial charge in [-0.3, -0.25) is 24.2 Å². The van der Waals surface area contributed by atoms with Gasteiger partial charge in [0.2, 0.25) is 11.8 Å². The number of amides is 4. The summed E-state index contributed by atoms with van der Waals surface area (Å²) >= 11 is 0. The third-order valence-corrected chi connectivity index (χ3v) is 5.64. The highest BCUT2D eigenvalue weighted by Crippen LogP contribution is 2.17. The fourth-order valence-electron chi connectivity index (χ4n) is 3.93. The molecule has 2 N–H and O–H groups in total. The summed E-state index contributed by atoms with van der Waals surface area (Å²) in [5, 5.41) is 5.49. The normalized spacial score (nSPS) is 20.9. The van der Waals surface area contributed by atoms with Crippen molar-refractivity contribution in [3.63, 3.8) is 0 Å². The van der Waals surface area contributed by atoms with Crippen LogP contribution >= 0.6 is 0 Å². The van der Waals surface area contributed by atoms with Crippen molar-refractivity contribution in [3.8, 4) is 0 Å². The van der Waals surface area contributed by atoms with Crippen LogP contribution < -0.4 is 10.6 Å². The topological polar surface area (TPSA) is 125 Å². The maximum Gasteiger partial charge on any atom is 0.274 e. The molecule has 0 bridgehead atoms. The quantitative estimate of drug-likeness (QED) is 0.686. The van der Waals surface area contributed by atoms with Crippen molar-refractivity contribution in [1.29, 1.82) is 0 Å². The Bertz CT molecular complexity index is 1000. The number of carbonyl (C=O) groups is 4. The molecule has 32 heavy (non-hydrogen) atoms. The average molecular weight is 436 g/mol. The molecule has 1 aromatic carbocycles. The highest BCUT2D eigenvalue weighted by molar-refractivity contribution is 5.99. The zero-order valence-corrected chi connectivity index (χ0v) is 17.4. The van der Waals surface area contributed by atoms with Gasteiger partial charge < -0.3 is 20.4 Å². The van der Waals surface area contributed by atoms with Crippen LogP contribution in [0.15, 0.2) is 48.9 Å². The molecule has 0 radical (unpaired) electrons. The van der Waals surface area contributed by atoms with Gasteiger partial charge in [0.05, 0.1) is 12.7 Å². The Labute approximate surface area is 185 Å². The molecular formula is C22H24N6O4. The number of piperidine rings is 1. The molecule has 4 amide bonds. The summed E-state index contributed by atoms with van der Waals surface area (Å²) in [5.41, 5.74) is 0.621. The average Bonchev–Trinajstić information content (AvgIpc) is 2.85. The molecular weight excluding hydrogens is 412 g/mol. The standard InChI is InChI=1S/C22H24N6O4/c29-19-16(7-4-8-25-19)26-20(30)18-14-27(21(31)15-5-2-1-3-6-15)11-12-28(18)22(32)17-13-23-9-10-24-17/h1-3,5-6,9-10,13,16,18H,4,7-8,11-12,14H2,(H,25,29)(H,26,30)/t16-,18-/m0/s1. The van der Waals surface area contributed by atoms with E-state index in [9.17, 15) is 19.2 Å². The summed E-state index contributed by atoms with van der Waals surface area (Å²) in [6.45, 7) is 1.02. The van der Waals surface area contributed by atoms with E-state index in [4.69, 9.17) is 0 Å². The van der Waals surface area contributed by atoms with Crippen LogP contribution in [-0.4, -0.2) is 81.7 Å². The molecule has 166 valence electrons. The summed E-state index contributed by atoms with van der Waals surface area (Å²) in [6.07, 6.45) is 5.48. The van der Waals surface area contributed by atoms with E-state index in [1.165, 1.54) is 23.5 Å². The second-order valence-electron chi connectivity index (χ2n) is 7.72. The lowest BCUT2D eigenvalue weighted by molar-refractivity contribution is -0.133. The van der Waals surface area contributed by atoms with Gasteiger partial charge in [-0.05, 0) is 25.0 Å². The van der Waals surface area contributed by atoms with E-state index in [1.807, 2.05) is 6.07 Å². The maximum absolute atomic E-state index is 13.2. The smallest absolute Gasteiger partial charge is 0.274 e. The lowest BCUT2D eigenvalue weighted by Crippen LogP contribution is -2.63. The molecule has 2 aliphatic rings. The first-order chi connectivity index (χ1) is 15.5. The first-order valence-corrected chi connectivity index (χ1v) is 10.5. The molecule has 2 fully saturated rings. The molecule has 2 aromatic rings. The SMILES string of the molecule is O=C1NCCC[C@@H]1NC(=O)[C@@H]1CN(C(=O)c2ccccc2)CCN1C(=O)c1cnccn1. The van der Waals surface area contributed by atoms with Crippen molar-refractivity contribution in [1.82, 2.24) is 30.4 Å². The Balaban J connectivity index is 1.56. The maximum atomic E-state index is 13.2. The van der Waals surface area contributed by atoms with Gasteiger partial charge in [-0.25, -0.2) is 4.98 Å². The number of carbonyl (C=O) groups excluding carboxylic acids is 4. The Morgan fingerprint density at radius 3 is 2.59 bits per heavy atom. The van der Waals surface area contributed by atoms with E-state index >= 15 is 0 Å². The predicted molar refractivity (Wildman–Crippen MR) is 113 cm³/mol. The van der Waals surface area contributed by atoms with Gasteiger partial charge in [-0.2, -0.15) is 0 Å². The van der Waals surface area contributed by atoms with E-state index in [-0.39, 0.29) is 37.1 Å². The molecule has 2 aliphatic heterocycles. The number of aromatic nitrogens is 2. The Morgan fingerprint density at radius 1 is 1.06 bits per heavy atom. The minimum Gasteiger partial charge on any atom is -0.354 e. The minimum absolute atomic E-state index is 0.0138. The first kappa shape index (κ1) is 21.4. The minimum atomic E-state index is -0.958. The van der Waals surface area contributed by atoms with Gasteiger partial charge in [0.1, 0.15) is 17.8 Å². The van der Waals surface area contributed by atoms with Crippen molar-refractivity contribution < 1.29 is 19.2 Å². The van der Waals surface area contributed by atoms with Crippen molar-refractivity contribution in [2.75, 3.05) is 26.2 Å². The molecule has 10 heteroatoms. The van der Waals surface area contributed by atoms with E-state index in [1.54, 1.807) is 29.2 Å². The van der Waals surface area contributed by atoms with Gasteiger partial charge in [0, 0.05) is 37.6 Å². The van der Waals surface area contributed by atoms with Crippen LogP contribution in [0.25, 0.3) is 0 Å². The molecule has 3 heterocycles. The number of rotatable bonds is 4. The van der Waals surface area contributed by atoms with Gasteiger partial charge >= 0.3 is 0 Å². The highest BCUT2D eigenvalue weighted by Gasteiger charge is 2.39. The van der Waals surface area contributed by atoms with Crippen LogP contribution in [0.3, 0.4) is 0 Å². The molecule has 0 spiro atoms. The summed E-state index contributed by atoms with van der Waals surface area (Å²) in [6, 6.07) is 7.16. The highest BCUT2D eigenvalue weighted by atomic mass is 16.2. The molecule has 0 saturated carbocycles. The number of nitrogens with one attached hydrogen (secondary N) is 2. The molecule has 4 rings (SSSR count). The molecule has 0 aliphatic carbocycles. The Hall–Kier alpha value is -3.82. The number of hydrogen-bond acceptors (Lipinski definition) is 6. The van der Waals surface area contributed by atoms with E-state index < -0.39 is 23.9 Å². The fraction of sp³-hybridized carbons (Fsp3) is 0.364. The number of nitrogens with zero attached hydrogens (tertiary/aromatic N) is 4. The molecule has 1 aromatic heterocycles. The first-order valence-electron chi connectivity index (χ1n) is 10.5. The fourth-order valence-corrected chi connectivity index (χ4v) is 3.93. The Kier molecular flexibility index (Phi) is 6.39. The van der Waals surface area contributed by atoms with Gasteiger partial charge in [0.25, 0.3) is 11.8 Å². The van der Waals surface area contributed by atoms with Crippen molar-refractivity contribution >= 4 is 23.6 Å². The van der Waals surface area contributed by atoms with Crippen LogP contribution in [-0.2, 0) is 9.59 Å². The summed E-state index contributed by atoms with van der Waals surface area (Å²) in [4.78, 5) is 62.3. The zero-order valence-electron chi connectivity index (χ0n) is 17.4. The third kappa shape index (κ3) is 4.58. The number of benzene rings is 1. The third-order valence-electron chi connectivity index (χ3n) is 5.64. The van der Waals surface area contributed by atoms with Gasteiger partial charge in [0.15, 0.2) is 0 Å². The van der Waals surface area contributed by atoms with Crippen LogP contribution in [0.2, 0.25) is 0 Å². The summed E-state index contributed by atoms with van der Waals surface area (Å²) in [7, 11) is 0. The summed E-state index contributed by atoms with van der Waals surface area (Å²) < 4.78 is 0. The van der Waals surface area contributed by atoms with Crippen LogP contribution in [0.4, 0.5) is 0 Å². The lowest BCUT2D eigenvalue weighted by atomic mass is 10.0. The number of piperazine rings is 1. The molecule has 0 unspecified atom stereocenters. The van der Waals surface area contributed by atoms with E-state index in [2.05, 4.69) is 20.6 Å². The monoisotopic (exact) mass is 436 g/mol. The van der Waals surface area contributed by atoms with Gasteiger partial charge in [-0.1, -0.05) is 18.2 Å². The lowest BCUT2D eigenvalue weighted by Gasteiger charge is -2.41. The van der Waals surface area contributed by atoms with E-state index in [0.29, 0.717) is 18.5 Å².